The molecule has 1 atom stereocenters. The number of alkyl halides is 2. The molecule has 1 aliphatic rings. The van der Waals surface area contributed by atoms with E-state index in [1.165, 1.54) is 6.92 Å². The van der Waals surface area contributed by atoms with Gasteiger partial charge in [0.1, 0.15) is 18.3 Å². The maximum atomic E-state index is 12.5. The standard InChI is InChI=1S/C9H11F2N3O4/c1-5(8(10)11)13-2-7(14(15)16)9(12-13)18-6-3-17-4-6/h2,5-6,8H,3-4H2,1H3. The van der Waals surface area contributed by atoms with Gasteiger partial charge in [-0.3, -0.25) is 14.8 Å². The fourth-order valence-corrected chi connectivity index (χ4v) is 1.34. The molecule has 0 bridgehead atoms. The predicted octanol–water partition coefficient (Wildman–Crippen LogP) is 1.39. The van der Waals surface area contributed by atoms with Gasteiger partial charge in [0, 0.05) is 0 Å². The van der Waals surface area contributed by atoms with Crippen molar-refractivity contribution < 1.29 is 23.2 Å². The molecule has 100 valence electrons. The van der Waals surface area contributed by atoms with Crippen molar-refractivity contribution in [3.05, 3.63) is 16.3 Å². The summed E-state index contributed by atoms with van der Waals surface area (Å²) in [5.41, 5.74) is -0.422. The second-order valence-electron chi connectivity index (χ2n) is 3.91. The minimum Gasteiger partial charge on any atom is -0.464 e. The van der Waals surface area contributed by atoms with Crippen molar-refractivity contribution >= 4 is 5.69 Å². The first-order valence-electron chi connectivity index (χ1n) is 5.25. The Morgan fingerprint density at radius 2 is 2.33 bits per heavy atom. The van der Waals surface area contributed by atoms with Crippen molar-refractivity contribution in [1.29, 1.82) is 0 Å². The summed E-state index contributed by atoms with van der Waals surface area (Å²) >= 11 is 0. The predicted molar refractivity (Wildman–Crippen MR) is 54.8 cm³/mol. The zero-order chi connectivity index (χ0) is 13.3. The molecule has 0 N–H and O–H groups in total. The Bertz CT molecular complexity index is 447. The van der Waals surface area contributed by atoms with E-state index in [-0.39, 0.29) is 12.0 Å². The van der Waals surface area contributed by atoms with Gasteiger partial charge < -0.3 is 9.47 Å². The lowest BCUT2D eigenvalue weighted by Crippen LogP contribution is -2.38. The first-order valence-corrected chi connectivity index (χ1v) is 5.25. The van der Waals surface area contributed by atoms with Gasteiger partial charge in [-0.05, 0) is 6.92 Å². The summed E-state index contributed by atoms with van der Waals surface area (Å²) in [6, 6.07) is -1.25. The van der Waals surface area contributed by atoms with Crippen LogP contribution in [0, 0.1) is 10.1 Å². The Hall–Kier alpha value is -1.77. The lowest BCUT2D eigenvalue weighted by atomic mass is 10.3. The summed E-state index contributed by atoms with van der Waals surface area (Å²) in [5, 5.41) is 14.5. The molecule has 0 aromatic carbocycles. The molecule has 0 radical (unpaired) electrons. The van der Waals surface area contributed by atoms with Crippen LogP contribution in [0.5, 0.6) is 5.88 Å². The monoisotopic (exact) mass is 263 g/mol. The van der Waals surface area contributed by atoms with Crippen molar-refractivity contribution in [3.63, 3.8) is 0 Å². The zero-order valence-electron chi connectivity index (χ0n) is 9.45. The summed E-state index contributed by atoms with van der Waals surface area (Å²) in [5.74, 6) is -0.249. The molecule has 7 nitrogen and oxygen atoms in total. The van der Waals surface area contributed by atoms with E-state index in [1.54, 1.807) is 0 Å². The minimum atomic E-state index is -2.66. The SMILES string of the molecule is CC(C(F)F)n1cc([N+](=O)[O-])c(OC2COC2)n1. The molecule has 1 aromatic rings. The molecule has 1 fully saturated rings. The second-order valence-corrected chi connectivity index (χ2v) is 3.91. The maximum absolute atomic E-state index is 12.5. The van der Waals surface area contributed by atoms with Crippen molar-refractivity contribution in [2.24, 2.45) is 0 Å². The molecule has 1 aliphatic heterocycles. The molecule has 18 heavy (non-hydrogen) atoms. The molecule has 2 heterocycles. The number of ether oxygens (including phenoxy) is 2. The summed E-state index contributed by atoms with van der Waals surface area (Å²) < 4.78 is 35.9. The Labute approximate surface area is 100 Å². The number of rotatable bonds is 5. The van der Waals surface area contributed by atoms with Crippen LogP contribution < -0.4 is 4.74 Å². The molecule has 0 spiro atoms. The number of hydrogen-bond donors (Lipinski definition) is 0. The van der Waals surface area contributed by atoms with Crippen molar-refractivity contribution in [2.45, 2.75) is 25.5 Å². The van der Waals surface area contributed by atoms with Crippen LogP contribution in [0.25, 0.3) is 0 Å². The van der Waals surface area contributed by atoms with E-state index in [2.05, 4.69) is 5.10 Å². The van der Waals surface area contributed by atoms with E-state index >= 15 is 0 Å². The Morgan fingerprint density at radius 3 is 2.78 bits per heavy atom. The molecular weight excluding hydrogens is 252 g/mol. The van der Waals surface area contributed by atoms with E-state index < -0.39 is 23.1 Å². The second kappa shape index (κ2) is 4.84. The molecule has 0 amide bonds. The highest BCUT2D eigenvalue weighted by Gasteiger charge is 2.30. The third kappa shape index (κ3) is 2.40. The number of hydrogen-bond acceptors (Lipinski definition) is 5. The molecule has 9 heteroatoms. The molecule has 0 aliphatic carbocycles. The highest BCUT2D eigenvalue weighted by atomic mass is 19.3. The van der Waals surface area contributed by atoms with Gasteiger partial charge in [0.15, 0.2) is 0 Å². The molecule has 1 unspecified atom stereocenters. The van der Waals surface area contributed by atoms with Gasteiger partial charge in [0.05, 0.1) is 18.1 Å². The van der Waals surface area contributed by atoms with Gasteiger partial charge in [-0.25, -0.2) is 8.78 Å². The highest BCUT2D eigenvalue weighted by molar-refractivity contribution is 5.38. The zero-order valence-corrected chi connectivity index (χ0v) is 9.45. The summed E-state index contributed by atoms with van der Waals surface area (Å²) in [6.45, 7) is 1.85. The lowest BCUT2D eigenvalue weighted by Gasteiger charge is -2.25. The van der Waals surface area contributed by atoms with E-state index in [1.807, 2.05) is 0 Å². The summed E-state index contributed by atoms with van der Waals surface area (Å²) in [7, 11) is 0. The van der Waals surface area contributed by atoms with Crippen LogP contribution in [0.3, 0.4) is 0 Å². The van der Waals surface area contributed by atoms with Crippen molar-refractivity contribution in [3.8, 4) is 5.88 Å². The largest absolute Gasteiger partial charge is 0.464 e. The third-order valence-electron chi connectivity index (χ3n) is 2.54. The molecular formula is C9H11F2N3O4. The molecule has 1 saturated heterocycles. The summed E-state index contributed by atoms with van der Waals surface area (Å²) in [6.07, 6.45) is -2.02. The number of aromatic nitrogens is 2. The van der Waals surface area contributed by atoms with Crippen LogP contribution in [0.1, 0.15) is 13.0 Å². The Morgan fingerprint density at radius 1 is 1.67 bits per heavy atom. The number of halogens is 2. The van der Waals surface area contributed by atoms with E-state index in [0.717, 1.165) is 10.9 Å². The third-order valence-corrected chi connectivity index (χ3v) is 2.54. The summed E-state index contributed by atoms with van der Waals surface area (Å²) in [4.78, 5) is 10.1. The van der Waals surface area contributed by atoms with Gasteiger partial charge >= 0.3 is 11.6 Å². The van der Waals surface area contributed by atoms with Crippen LogP contribution in [-0.4, -0.2) is 40.4 Å². The molecule has 1 aromatic heterocycles. The van der Waals surface area contributed by atoms with Crippen molar-refractivity contribution in [2.75, 3.05) is 13.2 Å². The fraction of sp³-hybridized carbons (Fsp3) is 0.667. The fourth-order valence-electron chi connectivity index (χ4n) is 1.34. The van der Waals surface area contributed by atoms with E-state index in [9.17, 15) is 18.9 Å². The highest BCUT2D eigenvalue weighted by Crippen LogP contribution is 2.29. The number of nitro groups is 1. The molecule has 2 rings (SSSR count). The van der Waals surface area contributed by atoms with Crippen LogP contribution in [-0.2, 0) is 4.74 Å². The van der Waals surface area contributed by atoms with E-state index in [0.29, 0.717) is 13.2 Å². The smallest absolute Gasteiger partial charge is 0.350 e. The van der Waals surface area contributed by atoms with Gasteiger partial charge in [0.25, 0.3) is 6.43 Å². The Balaban J connectivity index is 2.22. The number of nitrogens with zero attached hydrogens (tertiary/aromatic N) is 3. The molecule has 0 saturated carbocycles. The van der Waals surface area contributed by atoms with Crippen LogP contribution in [0.4, 0.5) is 14.5 Å². The van der Waals surface area contributed by atoms with Gasteiger partial charge in [0.2, 0.25) is 0 Å². The van der Waals surface area contributed by atoms with Gasteiger partial charge in [-0.15, -0.1) is 5.10 Å². The van der Waals surface area contributed by atoms with Gasteiger partial charge in [-0.2, -0.15) is 0 Å². The first kappa shape index (κ1) is 12.7. The Kier molecular flexibility index (Phi) is 3.41. The average Bonchev–Trinajstić information content (AvgIpc) is 2.66. The lowest BCUT2D eigenvalue weighted by molar-refractivity contribution is -0.386. The van der Waals surface area contributed by atoms with Crippen LogP contribution in [0.2, 0.25) is 0 Å². The van der Waals surface area contributed by atoms with E-state index in [4.69, 9.17) is 9.47 Å². The van der Waals surface area contributed by atoms with Crippen LogP contribution >= 0.6 is 0 Å². The van der Waals surface area contributed by atoms with Gasteiger partial charge in [-0.1, -0.05) is 0 Å². The average molecular weight is 263 g/mol. The topological polar surface area (TPSA) is 79.4 Å². The normalized spacial score (nSPS) is 17.6. The quantitative estimate of drug-likeness (QED) is 0.592. The van der Waals surface area contributed by atoms with Crippen molar-refractivity contribution in [1.82, 2.24) is 9.78 Å². The van der Waals surface area contributed by atoms with Crippen LogP contribution in [0.15, 0.2) is 6.20 Å². The first-order chi connectivity index (χ1) is 8.49. The minimum absolute atomic E-state index is 0.249. The maximum Gasteiger partial charge on any atom is 0.350 e.